The summed E-state index contributed by atoms with van der Waals surface area (Å²) in [4.78, 5) is 7.94. The summed E-state index contributed by atoms with van der Waals surface area (Å²) in [5, 5.41) is 0.604. The summed E-state index contributed by atoms with van der Waals surface area (Å²) in [5.41, 5.74) is 5.67. The SMILES string of the molecule is CC(C)c1nc(N)nc2cc(C(F)(F)F)ccc12. The van der Waals surface area contributed by atoms with Crippen LogP contribution in [0.25, 0.3) is 10.9 Å². The number of halogens is 3. The number of benzene rings is 1. The van der Waals surface area contributed by atoms with Crippen LogP contribution in [0.4, 0.5) is 19.1 Å². The largest absolute Gasteiger partial charge is 0.416 e. The number of hydrogen-bond donors (Lipinski definition) is 1. The molecule has 1 aromatic heterocycles. The number of rotatable bonds is 1. The van der Waals surface area contributed by atoms with Crippen molar-refractivity contribution < 1.29 is 13.2 Å². The number of alkyl halides is 3. The highest BCUT2D eigenvalue weighted by Gasteiger charge is 2.30. The van der Waals surface area contributed by atoms with E-state index >= 15 is 0 Å². The maximum absolute atomic E-state index is 12.6. The molecule has 0 bridgehead atoms. The second-order valence-corrected chi connectivity index (χ2v) is 4.35. The average molecular weight is 255 g/mol. The normalized spacial score (nSPS) is 12.3. The Morgan fingerprint density at radius 2 is 1.83 bits per heavy atom. The number of nitrogens with two attached hydrogens (primary N) is 1. The lowest BCUT2D eigenvalue weighted by Crippen LogP contribution is -2.07. The molecular weight excluding hydrogens is 243 g/mol. The van der Waals surface area contributed by atoms with Crippen LogP contribution in [0.3, 0.4) is 0 Å². The van der Waals surface area contributed by atoms with Crippen molar-refractivity contribution in [1.82, 2.24) is 9.97 Å². The Bertz CT molecular complexity index is 591. The second-order valence-electron chi connectivity index (χ2n) is 4.35. The van der Waals surface area contributed by atoms with Crippen LogP contribution < -0.4 is 5.73 Å². The van der Waals surface area contributed by atoms with Gasteiger partial charge in [-0.15, -0.1) is 0 Å². The molecule has 0 spiro atoms. The number of nitrogen functional groups attached to an aromatic ring is 1. The zero-order valence-electron chi connectivity index (χ0n) is 9.92. The van der Waals surface area contributed by atoms with Crippen LogP contribution >= 0.6 is 0 Å². The van der Waals surface area contributed by atoms with E-state index in [-0.39, 0.29) is 17.4 Å². The van der Waals surface area contributed by atoms with Crippen molar-refractivity contribution in [3.63, 3.8) is 0 Å². The Balaban J connectivity index is 2.72. The van der Waals surface area contributed by atoms with Crippen molar-refractivity contribution in [3.8, 4) is 0 Å². The van der Waals surface area contributed by atoms with E-state index in [1.54, 1.807) is 0 Å². The number of hydrogen-bond acceptors (Lipinski definition) is 3. The molecule has 0 saturated heterocycles. The van der Waals surface area contributed by atoms with Gasteiger partial charge in [-0.1, -0.05) is 19.9 Å². The first-order chi connectivity index (χ1) is 8.29. The molecule has 96 valence electrons. The van der Waals surface area contributed by atoms with Crippen molar-refractivity contribution in [2.45, 2.75) is 25.9 Å². The monoisotopic (exact) mass is 255 g/mol. The third-order valence-electron chi connectivity index (χ3n) is 2.62. The summed E-state index contributed by atoms with van der Waals surface area (Å²) in [6.45, 7) is 3.80. The van der Waals surface area contributed by atoms with Gasteiger partial charge in [-0.05, 0) is 18.1 Å². The van der Waals surface area contributed by atoms with E-state index in [1.807, 2.05) is 13.8 Å². The summed E-state index contributed by atoms with van der Waals surface area (Å²) in [6.07, 6.45) is -4.38. The highest BCUT2D eigenvalue weighted by atomic mass is 19.4. The molecule has 2 N–H and O–H groups in total. The first kappa shape index (κ1) is 12.6. The van der Waals surface area contributed by atoms with Gasteiger partial charge in [-0.3, -0.25) is 0 Å². The van der Waals surface area contributed by atoms with Crippen molar-refractivity contribution in [2.24, 2.45) is 0 Å². The molecule has 18 heavy (non-hydrogen) atoms. The third-order valence-corrected chi connectivity index (χ3v) is 2.62. The quantitative estimate of drug-likeness (QED) is 0.850. The summed E-state index contributed by atoms with van der Waals surface area (Å²) in [6, 6.07) is 3.43. The number of nitrogens with zero attached hydrogens (tertiary/aromatic N) is 2. The van der Waals surface area contributed by atoms with Crippen LogP contribution in [0, 0.1) is 0 Å². The molecule has 0 saturated carbocycles. The Kier molecular flexibility index (Phi) is 2.88. The van der Waals surface area contributed by atoms with Gasteiger partial charge < -0.3 is 5.73 Å². The highest BCUT2D eigenvalue weighted by Crippen LogP contribution is 2.32. The van der Waals surface area contributed by atoms with Gasteiger partial charge in [0.25, 0.3) is 0 Å². The molecule has 0 atom stereocenters. The molecule has 2 aromatic rings. The number of aromatic nitrogens is 2. The summed E-state index contributed by atoms with van der Waals surface area (Å²) in [5.74, 6) is 0.0556. The molecule has 0 unspecified atom stereocenters. The first-order valence-electron chi connectivity index (χ1n) is 5.43. The lowest BCUT2D eigenvalue weighted by atomic mass is 10.0. The van der Waals surface area contributed by atoms with Gasteiger partial charge in [0.15, 0.2) is 0 Å². The molecule has 0 aliphatic heterocycles. The van der Waals surface area contributed by atoms with Crippen molar-refractivity contribution in [2.75, 3.05) is 5.73 Å². The van der Waals surface area contributed by atoms with E-state index in [9.17, 15) is 13.2 Å². The summed E-state index contributed by atoms with van der Waals surface area (Å²) in [7, 11) is 0. The Morgan fingerprint density at radius 3 is 2.39 bits per heavy atom. The van der Waals surface area contributed by atoms with Crippen molar-refractivity contribution in [1.29, 1.82) is 0 Å². The molecule has 1 aromatic carbocycles. The van der Waals surface area contributed by atoms with E-state index in [4.69, 9.17) is 5.73 Å². The van der Waals surface area contributed by atoms with Gasteiger partial charge in [0.1, 0.15) is 0 Å². The van der Waals surface area contributed by atoms with E-state index in [0.717, 1.165) is 12.1 Å². The molecule has 0 fully saturated rings. The molecule has 0 radical (unpaired) electrons. The average Bonchev–Trinajstić information content (AvgIpc) is 2.25. The fraction of sp³-hybridized carbons (Fsp3) is 0.333. The van der Waals surface area contributed by atoms with Gasteiger partial charge >= 0.3 is 6.18 Å². The molecule has 0 aliphatic carbocycles. The lowest BCUT2D eigenvalue weighted by molar-refractivity contribution is -0.137. The van der Waals surface area contributed by atoms with E-state index in [0.29, 0.717) is 11.1 Å². The van der Waals surface area contributed by atoms with Crippen LogP contribution in [0.15, 0.2) is 18.2 Å². The standard InChI is InChI=1S/C12H12F3N3/c1-6(2)10-8-4-3-7(12(13,14)15)5-9(8)17-11(16)18-10/h3-6H,1-2H3,(H2,16,17,18). The first-order valence-corrected chi connectivity index (χ1v) is 5.43. The van der Waals surface area contributed by atoms with Crippen LogP contribution in [-0.2, 0) is 6.18 Å². The molecule has 1 heterocycles. The predicted octanol–water partition coefficient (Wildman–Crippen LogP) is 3.35. The van der Waals surface area contributed by atoms with Crippen LogP contribution in [0.5, 0.6) is 0 Å². The Labute approximate surface area is 102 Å². The third kappa shape index (κ3) is 2.23. The molecule has 0 aliphatic rings. The molecule has 2 rings (SSSR count). The summed E-state index contributed by atoms with van der Waals surface area (Å²) < 4.78 is 37.8. The van der Waals surface area contributed by atoms with E-state index in [1.165, 1.54) is 6.07 Å². The van der Waals surface area contributed by atoms with Crippen LogP contribution in [0.2, 0.25) is 0 Å². The van der Waals surface area contributed by atoms with E-state index < -0.39 is 11.7 Å². The van der Waals surface area contributed by atoms with Gasteiger partial charge in [-0.2, -0.15) is 13.2 Å². The van der Waals surface area contributed by atoms with Crippen LogP contribution in [0.1, 0.15) is 31.0 Å². The smallest absolute Gasteiger partial charge is 0.368 e. The molecule has 0 amide bonds. The van der Waals surface area contributed by atoms with Gasteiger partial charge in [0.2, 0.25) is 5.95 Å². The zero-order chi connectivity index (χ0) is 13.5. The summed E-state index contributed by atoms with van der Waals surface area (Å²) >= 11 is 0. The number of anilines is 1. The number of fused-ring (bicyclic) bond motifs is 1. The fourth-order valence-corrected chi connectivity index (χ4v) is 1.79. The fourth-order valence-electron chi connectivity index (χ4n) is 1.79. The Hall–Kier alpha value is -1.85. The second kappa shape index (κ2) is 4.12. The van der Waals surface area contributed by atoms with Gasteiger partial charge in [0, 0.05) is 5.39 Å². The Morgan fingerprint density at radius 1 is 1.17 bits per heavy atom. The van der Waals surface area contributed by atoms with Crippen molar-refractivity contribution >= 4 is 16.9 Å². The lowest BCUT2D eigenvalue weighted by Gasteiger charge is -2.12. The van der Waals surface area contributed by atoms with Crippen molar-refractivity contribution in [3.05, 3.63) is 29.5 Å². The van der Waals surface area contributed by atoms with Gasteiger partial charge in [-0.25, -0.2) is 9.97 Å². The van der Waals surface area contributed by atoms with E-state index in [2.05, 4.69) is 9.97 Å². The molecule has 3 nitrogen and oxygen atoms in total. The zero-order valence-corrected chi connectivity index (χ0v) is 9.92. The minimum absolute atomic E-state index is 0.00877. The predicted molar refractivity (Wildman–Crippen MR) is 63.0 cm³/mol. The molecule has 6 heteroatoms. The maximum Gasteiger partial charge on any atom is 0.416 e. The van der Waals surface area contributed by atoms with Gasteiger partial charge in [0.05, 0.1) is 16.8 Å². The highest BCUT2D eigenvalue weighted by molar-refractivity contribution is 5.83. The maximum atomic E-state index is 12.6. The minimum Gasteiger partial charge on any atom is -0.368 e. The molecular formula is C12H12F3N3. The topological polar surface area (TPSA) is 51.8 Å². The van der Waals surface area contributed by atoms with Crippen LogP contribution in [-0.4, -0.2) is 9.97 Å². The minimum atomic E-state index is -4.38.